The first-order valence-electron chi connectivity index (χ1n) is 8.52. The number of aliphatic carboxylic acids is 1. The van der Waals surface area contributed by atoms with Gasteiger partial charge in [-0.2, -0.15) is 0 Å². The van der Waals surface area contributed by atoms with Crippen LogP contribution in [-0.4, -0.2) is 64.2 Å². The van der Waals surface area contributed by atoms with Crippen LogP contribution in [0, 0.1) is 0 Å². The summed E-state index contributed by atoms with van der Waals surface area (Å²) in [7, 11) is 0. The molecule has 0 aromatic heterocycles. The highest BCUT2D eigenvalue weighted by Gasteiger charge is 2.37. The van der Waals surface area contributed by atoms with Crippen molar-refractivity contribution in [1.29, 1.82) is 0 Å². The Morgan fingerprint density at radius 3 is 2.61 bits per heavy atom. The first-order valence-corrected chi connectivity index (χ1v) is 10.1. The molecule has 0 unspecified atom stereocenters. The number of halogens is 1. The Kier molecular flexibility index (Phi) is 6.40. The number of amides is 3. The molecular weight excluding hydrogens is 452 g/mol. The van der Waals surface area contributed by atoms with E-state index in [9.17, 15) is 19.2 Å². The van der Waals surface area contributed by atoms with E-state index in [0.717, 1.165) is 29.5 Å². The van der Waals surface area contributed by atoms with E-state index in [1.165, 1.54) is 0 Å². The molecule has 0 spiro atoms. The normalized spacial score (nSPS) is 18.2. The zero-order chi connectivity index (χ0) is 20.3. The van der Waals surface area contributed by atoms with Gasteiger partial charge in [0, 0.05) is 13.1 Å². The molecule has 3 amide bonds. The Morgan fingerprint density at radius 1 is 1.25 bits per heavy atom. The number of hydrogen-bond acceptors (Lipinski definition) is 6. The number of carboxylic acids is 1. The highest BCUT2D eigenvalue weighted by Crippen LogP contribution is 2.34. The number of benzene rings is 1. The van der Waals surface area contributed by atoms with Gasteiger partial charge in [0.2, 0.25) is 5.91 Å². The second kappa shape index (κ2) is 8.78. The Balaban J connectivity index is 1.69. The molecule has 2 saturated heterocycles. The first-order chi connectivity index (χ1) is 13.3. The Morgan fingerprint density at radius 2 is 1.96 bits per heavy atom. The van der Waals surface area contributed by atoms with E-state index in [1.54, 1.807) is 29.2 Å². The average molecular weight is 469 g/mol. The fourth-order valence-corrected chi connectivity index (χ4v) is 4.20. The summed E-state index contributed by atoms with van der Waals surface area (Å²) in [5.74, 6) is -1.45. The van der Waals surface area contributed by atoms with Crippen LogP contribution in [0.3, 0.4) is 0 Å². The molecule has 28 heavy (non-hydrogen) atoms. The van der Waals surface area contributed by atoms with Gasteiger partial charge in [-0.3, -0.25) is 19.3 Å². The fourth-order valence-electron chi connectivity index (χ4n) is 2.85. The number of hydrogen-bond donors (Lipinski definition) is 1. The van der Waals surface area contributed by atoms with Gasteiger partial charge in [-0.25, -0.2) is 4.79 Å². The molecule has 0 radical (unpaired) electrons. The number of thioether (sulfide) groups is 1. The van der Waals surface area contributed by atoms with Crippen LogP contribution in [0.1, 0.15) is 18.4 Å². The van der Waals surface area contributed by atoms with E-state index in [1.807, 2.05) is 0 Å². The van der Waals surface area contributed by atoms with Crippen molar-refractivity contribution in [2.75, 3.05) is 26.2 Å². The SMILES string of the molecule is O=C(O)COc1ccc(/C=C2\SC(=O)N(CC(=O)N3CCCC3)C2=O)cc1Br. The van der Waals surface area contributed by atoms with Gasteiger partial charge < -0.3 is 14.7 Å². The van der Waals surface area contributed by atoms with Crippen LogP contribution in [0.15, 0.2) is 27.6 Å². The highest BCUT2D eigenvalue weighted by atomic mass is 79.9. The van der Waals surface area contributed by atoms with Crippen LogP contribution in [0.25, 0.3) is 6.08 Å². The first kappa shape index (κ1) is 20.4. The van der Waals surface area contributed by atoms with Gasteiger partial charge in [0.25, 0.3) is 11.1 Å². The van der Waals surface area contributed by atoms with Crippen LogP contribution in [0.4, 0.5) is 4.79 Å². The molecule has 1 aromatic rings. The lowest BCUT2D eigenvalue weighted by Gasteiger charge is -2.18. The monoisotopic (exact) mass is 468 g/mol. The smallest absolute Gasteiger partial charge is 0.341 e. The average Bonchev–Trinajstić information content (AvgIpc) is 3.26. The third-order valence-corrected chi connectivity index (χ3v) is 5.76. The van der Waals surface area contributed by atoms with E-state index in [2.05, 4.69) is 15.9 Å². The predicted molar refractivity (Wildman–Crippen MR) is 106 cm³/mol. The summed E-state index contributed by atoms with van der Waals surface area (Å²) in [4.78, 5) is 50.4. The van der Waals surface area contributed by atoms with Gasteiger partial charge in [0.05, 0.1) is 9.38 Å². The maximum Gasteiger partial charge on any atom is 0.341 e. The van der Waals surface area contributed by atoms with Crippen molar-refractivity contribution in [3.63, 3.8) is 0 Å². The van der Waals surface area contributed by atoms with Crippen LogP contribution >= 0.6 is 27.7 Å². The maximum absolute atomic E-state index is 12.5. The van der Waals surface area contributed by atoms with E-state index < -0.39 is 23.7 Å². The lowest BCUT2D eigenvalue weighted by molar-refractivity contribution is -0.139. The van der Waals surface area contributed by atoms with Gasteiger partial charge in [-0.15, -0.1) is 0 Å². The molecule has 0 atom stereocenters. The zero-order valence-electron chi connectivity index (χ0n) is 14.7. The molecular formula is C18H17BrN2O6S. The number of carbonyl (C=O) groups excluding carboxylic acids is 3. The molecule has 148 valence electrons. The minimum atomic E-state index is -1.09. The van der Waals surface area contributed by atoms with Gasteiger partial charge in [-0.05, 0) is 64.3 Å². The third-order valence-electron chi connectivity index (χ3n) is 4.23. The molecule has 8 nitrogen and oxygen atoms in total. The molecule has 10 heteroatoms. The van der Waals surface area contributed by atoms with Gasteiger partial charge in [0.15, 0.2) is 6.61 Å². The van der Waals surface area contributed by atoms with Crippen LogP contribution in [0.5, 0.6) is 5.75 Å². The molecule has 2 heterocycles. The fraction of sp³-hybridized carbons (Fsp3) is 0.333. The number of carbonyl (C=O) groups is 4. The summed E-state index contributed by atoms with van der Waals surface area (Å²) in [6.07, 6.45) is 3.43. The molecule has 2 aliphatic rings. The van der Waals surface area contributed by atoms with Crippen molar-refractivity contribution < 1.29 is 29.0 Å². The number of carboxylic acid groups (broad SMARTS) is 1. The second-order valence-corrected chi connectivity index (χ2v) is 8.08. The number of likely N-dealkylation sites (tertiary alicyclic amines) is 1. The molecule has 1 N–H and O–H groups in total. The highest BCUT2D eigenvalue weighted by molar-refractivity contribution is 9.10. The largest absolute Gasteiger partial charge is 0.481 e. The van der Waals surface area contributed by atoms with Crippen LogP contribution in [0.2, 0.25) is 0 Å². The van der Waals surface area contributed by atoms with Gasteiger partial charge in [0.1, 0.15) is 12.3 Å². The maximum atomic E-state index is 12.5. The van der Waals surface area contributed by atoms with Crippen molar-refractivity contribution in [2.24, 2.45) is 0 Å². The quantitative estimate of drug-likeness (QED) is 0.639. The lowest BCUT2D eigenvalue weighted by atomic mass is 10.2. The standard InChI is InChI=1S/C18H17BrN2O6S/c19-12-7-11(3-4-13(12)27-10-16(23)24)8-14-17(25)21(18(26)28-14)9-15(22)20-5-1-2-6-20/h3-4,7-8H,1-2,5-6,9-10H2,(H,23,24)/b14-8-. The molecule has 0 bridgehead atoms. The van der Waals surface area contributed by atoms with Crippen LogP contribution < -0.4 is 4.74 Å². The lowest BCUT2D eigenvalue weighted by Crippen LogP contribution is -2.40. The number of nitrogens with zero attached hydrogens (tertiary/aromatic N) is 2. The number of imide groups is 1. The van der Waals surface area contributed by atoms with Crippen molar-refractivity contribution in [2.45, 2.75) is 12.8 Å². The topological polar surface area (TPSA) is 104 Å². The van der Waals surface area contributed by atoms with Gasteiger partial charge in [-0.1, -0.05) is 6.07 Å². The summed E-state index contributed by atoms with van der Waals surface area (Å²) >= 11 is 4.08. The summed E-state index contributed by atoms with van der Waals surface area (Å²) in [5, 5.41) is 8.20. The number of ether oxygens (including phenoxy) is 1. The molecule has 2 aliphatic heterocycles. The molecule has 1 aromatic carbocycles. The Hall–Kier alpha value is -2.33. The molecule has 2 fully saturated rings. The summed E-state index contributed by atoms with van der Waals surface area (Å²) in [6, 6.07) is 4.87. The predicted octanol–water partition coefficient (Wildman–Crippen LogP) is 2.57. The number of rotatable bonds is 6. The Bertz CT molecular complexity index is 866. The molecule has 0 saturated carbocycles. The van der Waals surface area contributed by atoms with Crippen molar-refractivity contribution in [3.8, 4) is 5.75 Å². The Labute approximate surface area is 173 Å². The van der Waals surface area contributed by atoms with Crippen molar-refractivity contribution in [1.82, 2.24) is 9.80 Å². The van der Waals surface area contributed by atoms with Crippen molar-refractivity contribution in [3.05, 3.63) is 33.1 Å². The van der Waals surface area contributed by atoms with E-state index in [0.29, 0.717) is 28.9 Å². The van der Waals surface area contributed by atoms with E-state index in [4.69, 9.17) is 9.84 Å². The molecule has 3 rings (SSSR count). The third kappa shape index (κ3) is 4.74. The minimum absolute atomic E-state index is 0.219. The summed E-state index contributed by atoms with van der Waals surface area (Å²) in [5.41, 5.74) is 0.630. The van der Waals surface area contributed by atoms with E-state index >= 15 is 0 Å². The van der Waals surface area contributed by atoms with Crippen LogP contribution in [-0.2, 0) is 14.4 Å². The minimum Gasteiger partial charge on any atom is -0.481 e. The van der Waals surface area contributed by atoms with E-state index in [-0.39, 0.29) is 17.4 Å². The summed E-state index contributed by atoms with van der Waals surface area (Å²) in [6.45, 7) is 0.611. The van der Waals surface area contributed by atoms with Crippen molar-refractivity contribution >= 4 is 56.8 Å². The summed E-state index contributed by atoms with van der Waals surface area (Å²) < 4.78 is 5.65. The molecule has 0 aliphatic carbocycles. The second-order valence-electron chi connectivity index (χ2n) is 6.23. The zero-order valence-corrected chi connectivity index (χ0v) is 17.1. The van der Waals surface area contributed by atoms with Gasteiger partial charge >= 0.3 is 5.97 Å².